The number of benzene rings is 1. The Kier molecular flexibility index (Phi) is 8.46. The quantitative estimate of drug-likeness (QED) is 0.375. The number of carbonyl (C=O) groups excluding carboxylic acids is 2. The molecular formula is C29H31ClFN5O4. The van der Waals surface area contributed by atoms with Crippen LogP contribution in [-0.4, -0.2) is 52.2 Å². The Balaban J connectivity index is 1.36. The van der Waals surface area contributed by atoms with Gasteiger partial charge in [-0.2, -0.15) is 0 Å². The summed E-state index contributed by atoms with van der Waals surface area (Å²) in [7, 11) is 1.51. The third-order valence-electron chi connectivity index (χ3n) is 7.49. The largest absolute Gasteiger partial charge is 0.380 e. The fourth-order valence-electron chi connectivity index (χ4n) is 5.10. The minimum absolute atomic E-state index is 0.0107. The Morgan fingerprint density at radius 1 is 1.18 bits per heavy atom. The number of likely N-dealkylation sites (tertiary alicyclic amines) is 1. The molecule has 3 aromatic rings. The Labute approximate surface area is 236 Å². The van der Waals surface area contributed by atoms with Gasteiger partial charge in [-0.1, -0.05) is 36.6 Å². The number of anilines is 2. The maximum Gasteiger partial charge on any atom is 0.323 e. The molecule has 1 aromatic carbocycles. The van der Waals surface area contributed by atoms with Crippen molar-refractivity contribution in [1.82, 2.24) is 14.5 Å². The van der Waals surface area contributed by atoms with Gasteiger partial charge in [0.2, 0.25) is 5.91 Å². The van der Waals surface area contributed by atoms with Crippen LogP contribution in [0.3, 0.4) is 0 Å². The summed E-state index contributed by atoms with van der Waals surface area (Å²) in [4.78, 5) is 44.6. The van der Waals surface area contributed by atoms with E-state index < -0.39 is 23.8 Å². The number of ether oxygens (including phenoxy) is 1. The molecule has 2 fully saturated rings. The molecule has 2 N–H and O–H groups in total. The molecule has 0 bridgehead atoms. The van der Waals surface area contributed by atoms with E-state index in [2.05, 4.69) is 15.6 Å². The lowest BCUT2D eigenvalue weighted by Crippen LogP contribution is -2.45. The molecule has 11 heteroatoms. The average molecular weight is 568 g/mol. The predicted octanol–water partition coefficient (Wildman–Crippen LogP) is 5.08. The molecule has 1 saturated heterocycles. The summed E-state index contributed by atoms with van der Waals surface area (Å²) in [5, 5.41) is 5.77. The van der Waals surface area contributed by atoms with E-state index in [1.165, 1.54) is 43.2 Å². The first kappa shape index (κ1) is 27.8. The van der Waals surface area contributed by atoms with E-state index >= 15 is 0 Å². The minimum atomic E-state index is -0.900. The molecule has 0 radical (unpaired) electrons. The van der Waals surface area contributed by atoms with Gasteiger partial charge < -0.3 is 19.5 Å². The maximum atomic E-state index is 15.0. The second-order valence-corrected chi connectivity index (χ2v) is 10.7. The molecular weight excluding hydrogens is 537 g/mol. The number of carbonyl (C=O) groups is 2. The minimum Gasteiger partial charge on any atom is -0.380 e. The second-order valence-electron chi connectivity index (χ2n) is 10.3. The second kappa shape index (κ2) is 12.2. The molecule has 1 saturated carbocycles. The van der Waals surface area contributed by atoms with Crippen molar-refractivity contribution in [2.24, 2.45) is 5.92 Å². The van der Waals surface area contributed by atoms with Gasteiger partial charge >= 0.3 is 6.03 Å². The Morgan fingerprint density at radius 2 is 2.00 bits per heavy atom. The molecule has 3 atom stereocenters. The summed E-state index contributed by atoms with van der Waals surface area (Å²) < 4.78 is 22.1. The molecule has 9 nitrogen and oxygen atoms in total. The van der Waals surface area contributed by atoms with E-state index in [0.29, 0.717) is 10.9 Å². The van der Waals surface area contributed by atoms with Crippen LogP contribution < -0.4 is 16.2 Å². The van der Waals surface area contributed by atoms with Crippen LogP contribution in [0.25, 0.3) is 0 Å². The fourth-order valence-corrected chi connectivity index (χ4v) is 5.21. The lowest BCUT2D eigenvalue weighted by atomic mass is 9.99. The number of amides is 3. The van der Waals surface area contributed by atoms with E-state index in [0.717, 1.165) is 18.4 Å². The van der Waals surface area contributed by atoms with Crippen molar-refractivity contribution in [3.05, 3.63) is 87.7 Å². The zero-order valence-corrected chi connectivity index (χ0v) is 22.8. The average Bonchev–Trinajstić information content (AvgIpc) is 3.67. The number of methoxy groups -OCH3 is 1. The Hall–Kier alpha value is -3.76. The molecule has 40 heavy (non-hydrogen) atoms. The predicted molar refractivity (Wildman–Crippen MR) is 150 cm³/mol. The lowest BCUT2D eigenvalue weighted by molar-refractivity contribution is -0.119. The lowest BCUT2D eigenvalue weighted by Gasteiger charge is -2.24. The number of nitrogens with zero attached hydrogens (tertiary/aromatic N) is 3. The first-order valence-electron chi connectivity index (χ1n) is 13.3. The smallest absolute Gasteiger partial charge is 0.323 e. The molecule has 1 aliphatic heterocycles. The van der Waals surface area contributed by atoms with Crippen LogP contribution in [0, 0.1) is 11.7 Å². The Morgan fingerprint density at radius 3 is 2.70 bits per heavy atom. The van der Waals surface area contributed by atoms with Gasteiger partial charge in [0.25, 0.3) is 5.56 Å². The van der Waals surface area contributed by atoms with Crippen LogP contribution in [0.15, 0.2) is 65.7 Å². The molecule has 1 unspecified atom stereocenters. The van der Waals surface area contributed by atoms with Crippen LogP contribution in [0.5, 0.6) is 0 Å². The van der Waals surface area contributed by atoms with Crippen LogP contribution >= 0.6 is 11.6 Å². The van der Waals surface area contributed by atoms with Gasteiger partial charge in [-0.05, 0) is 54.7 Å². The molecule has 5 rings (SSSR count). The maximum absolute atomic E-state index is 15.0. The number of hydrogen-bond acceptors (Lipinski definition) is 5. The third-order valence-corrected chi connectivity index (χ3v) is 7.71. The van der Waals surface area contributed by atoms with Gasteiger partial charge in [0.15, 0.2) is 0 Å². The van der Waals surface area contributed by atoms with Crippen molar-refractivity contribution >= 4 is 35.0 Å². The number of nitrogens with one attached hydrogen (secondary N) is 2. The molecule has 0 spiro atoms. The monoisotopic (exact) mass is 567 g/mol. The van der Waals surface area contributed by atoms with Gasteiger partial charge in [-0.15, -0.1) is 0 Å². The summed E-state index contributed by atoms with van der Waals surface area (Å²) in [6.45, 7) is 0.177. The molecule has 210 valence electrons. The summed E-state index contributed by atoms with van der Waals surface area (Å²) in [5.74, 6) is -0.221. The summed E-state index contributed by atoms with van der Waals surface area (Å²) in [5.41, 5.74) is 0.561. The molecule has 2 aliphatic rings. The van der Waals surface area contributed by atoms with Gasteiger partial charge in [-0.25, -0.2) is 14.2 Å². The first-order valence-corrected chi connectivity index (χ1v) is 13.7. The van der Waals surface area contributed by atoms with Crippen molar-refractivity contribution in [3.8, 4) is 0 Å². The van der Waals surface area contributed by atoms with Gasteiger partial charge in [0.05, 0.1) is 22.9 Å². The standard InChI is InChI=1S/C29H31ClFN5O4/c1-40-21-15-25(36(17-21)29(39)34-26-12-9-20(30)16-32-26)28(38)33-23-14-19(8-10-22(23)31)24(11-7-18-5-6-18)35-13-3-2-4-27(35)37/h2-4,8-10,12-14,16,18,21,24-25H,5-7,11,15,17H2,1H3,(H,33,38)(H,32,34,39)/t21-,24?,25-/m1/s1. The molecule has 2 aromatic heterocycles. The molecule has 3 heterocycles. The van der Waals surface area contributed by atoms with Crippen LogP contribution in [0.1, 0.15) is 43.7 Å². The SMILES string of the molecule is CO[C@@H]1C[C@H](C(=O)Nc2cc(C(CCC3CC3)n3ccccc3=O)ccc2F)N(C(=O)Nc2ccc(Cl)cn2)C1. The number of hydrogen-bond donors (Lipinski definition) is 2. The van der Waals surface area contributed by atoms with Crippen molar-refractivity contribution < 1.29 is 18.7 Å². The zero-order chi connectivity index (χ0) is 28.2. The van der Waals surface area contributed by atoms with E-state index in [1.807, 2.05) is 0 Å². The highest BCUT2D eigenvalue weighted by Crippen LogP contribution is 2.37. The van der Waals surface area contributed by atoms with Crippen LogP contribution in [-0.2, 0) is 9.53 Å². The highest BCUT2D eigenvalue weighted by atomic mass is 35.5. The van der Waals surface area contributed by atoms with Crippen molar-refractivity contribution in [2.45, 2.75) is 50.3 Å². The number of pyridine rings is 2. The van der Waals surface area contributed by atoms with Crippen LogP contribution in [0.4, 0.5) is 20.7 Å². The zero-order valence-electron chi connectivity index (χ0n) is 22.1. The normalized spacial score (nSPS) is 19.3. The van der Waals surface area contributed by atoms with E-state index in [1.54, 1.807) is 47.2 Å². The van der Waals surface area contributed by atoms with Gasteiger partial charge in [0, 0.05) is 38.5 Å². The van der Waals surface area contributed by atoms with Crippen LogP contribution in [0.2, 0.25) is 5.02 Å². The molecule has 1 aliphatic carbocycles. The van der Waals surface area contributed by atoms with Crippen molar-refractivity contribution in [3.63, 3.8) is 0 Å². The number of halogens is 2. The highest BCUT2D eigenvalue weighted by Gasteiger charge is 2.40. The van der Waals surface area contributed by atoms with Crippen molar-refractivity contribution in [2.75, 3.05) is 24.3 Å². The van der Waals surface area contributed by atoms with Crippen molar-refractivity contribution in [1.29, 1.82) is 0 Å². The topological polar surface area (TPSA) is 106 Å². The molecule has 3 amide bonds. The summed E-state index contributed by atoms with van der Waals surface area (Å²) in [6, 6.07) is 10.9. The Bertz CT molecular complexity index is 1430. The third kappa shape index (κ3) is 6.51. The van der Waals surface area contributed by atoms with Gasteiger partial charge in [0.1, 0.15) is 17.7 Å². The van der Waals surface area contributed by atoms with Gasteiger partial charge in [-0.3, -0.25) is 14.9 Å². The number of urea groups is 1. The number of aromatic nitrogens is 2. The highest BCUT2D eigenvalue weighted by molar-refractivity contribution is 6.30. The first-order chi connectivity index (χ1) is 19.3. The van der Waals surface area contributed by atoms with E-state index in [9.17, 15) is 18.8 Å². The summed E-state index contributed by atoms with van der Waals surface area (Å²) >= 11 is 5.87. The van der Waals surface area contributed by atoms with E-state index in [-0.39, 0.29) is 42.2 Å². The summed E-state index contributed by atoms with van der Waals surface area (Å²) in [6.07, 6.45) is 7.06. The van der Waals surface area contributed by atoms with E-state index in [4.69, 9.17) is 16.3 Å². The fraction of sp³-hybridized carbons (Fsp3) is 0.379. The number of rotatable bonds is 9.